The van der Waals surface area contributed by atoms with Gasteiger partial charge >= 0.3 is 29.7 Å². The molecule has 0 saturated heterocycles. The van der Waals surface area contributed by atoms with Gasteiger partial charge < -0.3 is 25.2 Å². The van der Waals surface area contributed by atoms with Crippen LogP contribution >= 0.6 is 0 Å². The zero-order valence-electron chi connectivity index (χ0n) is 7.04. The van der Waals surface area contributed by atoms with Crippen LogP contribution in [0.15, 0.2) is 0 Å². The molecule has 0 saturated carbocycles. The van der Waals surface area contributed by atoms with Crippen molar-refractivity contribution in [2.24, 2.45) is 0 Å². The lowest BCUT2D eigenvalue weighted by Crippen LogP contribution is -2.51. The predicted octanol–water partition coefficient (Wildman–Crippen LogP) is -0.936. The van der Waals surface area contributed by atoms with Crippen molar-refractivity contribution >= 4 is 24.1 Å². The third-order valence-electron chi connectivity index (χ3n) is 1.35. The van der Waals surface area contributed by atoms with Gasteiger partial charge in [0.05, 0.1) is 0 Å². The second kappa shape index (κ2) is 4.26. The van der Waals surface area contributed by atoms with E-state index in [-0.39, 0.29) is 0 Å². The Morgan fingerprint density at radius 2 is 1.33 bits per heavy atom. The molecule has 0 radical (unpaired) electrons. The van der Waals surface area contributed by atoms with Crippen molar-refractivity contribution in [1.82, 2.24) is 0 Å². The molecular weight excluding hydrogens is 216 g/mol. The maximum atomic E-state index is 10.5. The predicted molar refractivity (Wildman–Crippen MR) is 39.4 cm³/mol. The molecule has 0 atom stereocenters. The van der Waals surface area contributed by atoms with Gasteiger partial charge in [0.2, 0.25) is 0 Å². The Bertz CT molecular complexity index is 285. The number of ether oxygens (including phenoxy) is 1. The van der Waals surface area contributed by atoms with E-state index in [9.17, 15) is 19.2 Å². The van der Waals surface area contributed by atoms with E-state index in [1.165, 1.54) is 0 Å². The Morgan fingerprint density at radius 1 is 0.933 bits per heavy atom. The number of hydrogen-bond donors (Lipinski definition) is 4. The third-order valence-corrected chi connectivity index (χ3v) is 1.35. The van der Waals surface area contributed by atoms with Gasteiger partial charge in [0.25, 0.3) is 0 Å². The average molecular weight is 222 g/mol. The maximum Gasteiger partial charge on any atom is 0.507 e. The number of aliphatic carboxylic acids is 3. The van der Waals surface area contributed by atoms with E-state index in [2.05, 4.69) is 4.74 Å². The molecule has 4 N–H and O–H groups in total. The van der Waals surface area contributed by atoms with Gasteiger partial charge in [-0.1, -0.05) is 0 Å². The van der Waals surface area contributed by atoms with Crippen LogP contribution in [0.3, 0.4) is 0 Å². The van der Waals surface area contributed by atoms with Crippen molar-refractivity contribution < 1.29 is 44.3 Å². The average Bonchev–Trinajstić information content (AvgIpc) is 1.99. The first-order valence-electron chi connectivity index (χ1n) is 3.33. The molecule has 0 aliphatic rings. The molecule has 0 spiro atoms. The summed E-state index contributed by atoms with van der Waals surface area (Å²) in [7, 11) is 0. The molecule has 0 amide bonds. The Balaban J connectivity index is 5.26. The first-order valence-corrected chi connectivity index (χ1v) is 3.33. The molecule has 9 heteroatoms. The second-order valence-corrected chi connectivity index (χ2v) is 2.38. The number of hydrogen-bond acceptors (Lipinski definition) is 5. The second-order valence-electron chi connectivity index (χ2n) is 2.38. The third kappa shape index (κ3) is 2.83. The summed E-state index contributed by atoms with van der Waals surface area (Å²) in [5.74, 6) is -6.24. The monoisotopic (exact) mass is 222 g/mol. The minimum absolute atomic E-state index is 1.51. The minimum Gasteiger partial charge on any atom is -0.481 e. The number of carbonyl (C=O) groups is 4. The van der Waals surface area contributed by atoms with Gasteiger partial charge in [0.1, 0.15) is 6.42 Å². The highest BCUT2D eigenvalue weighted by atomic mass is 16.7. The molecular formula is C6H6O9. The van der Waals surface area contributed by atoms with Crippen molar-refractivity contribution in [2.75, 3.05) is 0 Å². The first-order chi connectivity index (χ1) is 6.72. The lowest BCUT2D eigenvalue weighted by atomic mass is 10.0. The van der Waals surface area contributed by atoms with Gasteiger partial charge in [0.15, 0.2) is 0 Å². The number of carboxylic acid groups (broad SMARTS) is 4. The van der Waals surface area contributed by atoms with E-state index >= 15 is 0 Å². The SMILES string of the molecule is O=C(O)CC(OC(=O)O)(C(=O)O)C(=O)O. The maximum absolute atomic E-state index is 10.5. The Labute approximate surface area is 81.5 Å². The van der Waals surface area contributed by atoms with E-state index in [1.54, 1.807) is 0 Å². The lowest BCUT2D eigenvalue weighted by Gasteiger charge is -2.20. The van der Waals surface area contributed by atoms with Crippen molar-refractivity contribution in [3.63, 3.8) is 0 Å². The molecule has 0 aliphatic heterocycles. The van der Waals surface area contributed by atoms with Crippen molar-refractivity contribution in [3.8, 4) is 0 Å². The fourth-order valence-electron chi connectivity index (χ4n) is 0.728. The summed E-state index contributed by atoms with van der Waals surface area (Å²) < 4.78 is 3.61. The highest BCUT2D eigenvalue weighted by Crippen LogP contribution is 2.18. The molecule has 0 aromatic heterocycles. The minimum atomic E-state index is -3.32. The summed E-state index contributed by atoms with van der Waals surface area (Å²) in [6, 6.07) is 0. The van der Waals surface area contributed by atoms with E-state index in [1.807, 2.05) is 0 Å². The van der Waals surface area contributed by atoms with Gasteiger partial charge in [-0.2, -0.15) is 0 Å². The smallest absolute Gasteiger partial charge is 0.481 e. The first kappa shape index (κ1) is 12.7. The molecule has 0 fully saturated rings. The van der Waals surface area contributed by atoms with E-state index in [0.717, 1.165) is 0 Å². The van der Waals surface area contributed by atoms with Gasteiger partial charge in [-0.25, -0.2) is 14.4 Å². The van der Waals surface area contributed by atoms with Crippen molar-refractivity contribution in [2.45, 2.75) is 12.0 Å². The van der Waals surface area contributed by atoms with Crippen molar-refractivity contribution in [1.29, 1.82) is 0 Å². The standard InChI is InChI=1S/C6H6O9/c7-2(8)1-6(3(9)10,4(11)12)15-5(13)14/h1H2,(H,7,8)(H,9,10)(H,11,12)(H,13,14). The molecule has 0 aromatic rings. The van der Waals surface area contributed by atoms with Crippen LogP contribution in [0, 0.1) is 0 Å². The number of carboxylic acids is 3. The molecule has 0 aromatic carbocycles. The van der Waals surface area contributed by atoms with Crippen molar-refractivity contribution in [3.05, 3.63) is 0 Å². The van der Waals surface area contributed by atoms with Gasteiger partial charge in [-0.3, -0.25) is 4.79 Å². The van der Waals surface area contributed by atoms with Gasteiger partial charge in [-0.05, 0) is 0 Å². The largest absolute Gasteiger partial charge is 0.507 e. The molecule has 84 valence electrons. The van der Waals surface area contributed by atoms with E-state index in [0.29, 0.717) is 0 Å². The quantitative estimate of drug-likeness (QED) is 0.340. The van der Waals surface area contributed by atoms with Crippen LogP contribution in [-0.2, 0) is 19.1 Å². The normalized spacial score (nSPS) is 10.4. The van der Waals surface area contributed by atoms with Crippen LogP contribution in [0.25, 0.3) is 0 Å². The Hall–Kier alpha value is -2.32. The molecule has 0 heterocycles. The summed E-state index contributed by atoms with van der Waals surface area (Å²) in [6.45, 7) is 0. The summed E-state index contributed by atoms with van der Waals surface area (Å²) in [4.78, 5) is 41.3. The van der Waals surface area contributed by atoms with Crippen LogP contribution in [0.1, 0.15) is 6.42 Å². The molecule has 0 bridgehead atoms. The zero-order chi connectivity index (χ0) is 12.2. The topological polar surface area (TPSA) is 158 Å². The highest BCUT2D eigenvalue weighted by molar-refractivity contribution is 6.05. The Kier molecular flexibility index (Phi) is 3.60. The number of rotatable bonds is 5. The van der Waals surface area contributed by atoms with Crippen LogP contribution in [0.4, 0.5) is 4.79 Å². The summed E-state index contributed by atoms with van der Waals surface area (Å²) >= 11 is 0. The van der Waals surface area contributed by atoms with Crippen LogP contribution in [0.2, 0.25) is 0 Å². The molecule has 9 nitrogen and oxygen atoms in total. The van der Waals surface area contributed by atoms with Crippen LogP contribution in [0.5, 0.6) is 0 Å². The fraction of sp³-hybridized carbons (Fsp3) is 0.333. The van der Waals surface area contributed by atoms with Crippen LogP contribution in [-0.4, -0.2) is 50.1 Å². The highest BCUT2D eigenvalue weighted by Gasteiger charge is 2.53. The van der Waals surface area contributed by atoms with Gasteiger partial charge in [0, 0.05) is 0 Å². The molecule has 0 aliphatic carbocycles. The Morgan fingerprint density at radius 3 is 1.53 bits per heavy atom. The zero-order valence-corrected chi connectivity index (χ0v) is 7.04. The summed E-state index contributed by atoms with van der Waals surface area (Å²) in [6.07, 6.45) is -3.70. The van der Waals surface area contributed by atoms with E-state index in [4.69, 9.17) is 20.4 Å². The van der Waals surface area contributed by atoms with Crippen LogP contribution < -0.4 is 0 Å². The summed E-state index contributed by atoms with van der Waals surface area (Å²) in [5, 5.41) is 33.3. The molecule has 0 rings (SSSR count). The van der Waals surface area contributed by atoms with E-state index < -0.39 is 36.1 Å². The van der Waals surface area contributed by atoms with Gasteiger partial charge in [-0.15, -0.1) is 0 Å². The molecule has 0 unspecified atom stereocenters. The fourth-order valence-corrected chi connectivity index (χ4v) is 0.728. The lowest BCUT2D eigenvalue weighted by molar-refractivity contribution is -0.182. The molecule has 15 heavy (non-hydrogen) atoms. The summed E-state index contributed by atoms with van der Waals surface area (Å²) in [5.41, 5.74) is -3.32.